The summed E-state index contributed by atoms with van der Waals surface area (Å²) >= 11 is 1.11. The monoisotopic (exact) mass is 421 g/mol. The van der Waals surface area contributed by atoms with Gasteiger partial charge in [0.15, 0.2) is 0 Å². The van der Waals surface area contributed by atoms with Crippen molar-refractivity contribution in [3.63, 3.8) is 0 Å². The van der Waals surface area contributed by atoms with Gasteiger partial charge in [0, 0.05) is 26.2 Å². The van der Waals surface area contributed by atoms with Crippen LogP contribution in [0.3, 0.4) is 0 Å². The Morgan fingerprint density at radius 1 is 1.23 bits per heavy atom. The highest BCUT2D eigenvalue weighted by atomic mass is 35.5. The molecule has 1 unspecified atom stereocenters. The second kappa shape index (κ2) is 9.01. The van der Waals surface area contributed by atoms with Gasteiger partial charge in [-0.1, -0.05) is 6.92 Å². The van der Waals surface area contributed by atoms with Crippen LogP contribution in [0.15, 0.2) is 16.3 Å². The Morgan fingerprint density at radius 2 is 1.92 bits per heavy atom. The van der Waals surface area contributed by atoms with E-state index in [4.69, 9.17) is 0 Å². The molecule has 26 heavy (non-hydrogen) atoms. The number of amides is 1. The van der Waals surface area contributed by atoms with Gasteiger partial charge in [-0.15, -0.1) is 23.7 Å². The Kier molecular flexibility index (Phi) is 7.50. The smallest absolute Gasteiger partial charge is 0.263 e. The molecule has 0 saturated carbocycles. The molecule has 3 heterocycles. The lowest BCUT2D eigenvalue weighted by molar-refractivity contribution is 0.0792. The SMILES string of the molecule is CNCC1CCN(C(=O)c2ccc(S(=O)(=O)N3CCC(C)CC3)s2)C1.Cl. The highest BCUT2D eigenvalue weighted by Crippen LogP contribution is 2.29. The number of rotatable bonds is 5. The Balaban J connectivity index is 0.00000243. The number of piperidine rings is 1. The van der Waals surface area contributed by atoms with Gasteiger partial charge in [0.2, 0.25) is 0 Å². The fourth-order valence-electron chi connectivity index (χ4n) is 3.55. The van der Waals surface area contributed by atoms with E-state index in [0.717, 1.165) is 50.2 Å². The van der Waals surface area contributed by atoms with Crippen molar-refractivity contribution < 1.29 is 13.2 Å². The molecule has 9 heteroatoms. The van der Waals surface area contributed by atoms with Crippen LogP contribution in [0.25, 0.3) is 0 Å². The van der Waals surface area contributed by atoms with Gasteiger partial charge < -0.3 is 10.2 Å². The quantitative estimate of drug-likeness (QED) is 0.791. The lowest BCUT2D eigenvalue weighted by Gasteiger charge is -2.28. The summed E-state index contributed by atoms with van der Waals surface area (Å²) in [6.07, 6.45) is 2.79. The molecule has 2 aliphatic heterocycles. The van der Waals surface area contributed by atoms with E-state index in [9.17, 15) is 13.2 Å². The van der Waals surface area contributed by atoms with Crippen LogP contribution in [0.1, 0.15) is 35.9 Å². The van der Waals surface area contributed by atoms with E-state index in [1.807, 2.05) is 11.9 Å². The number of nitrogens with zero attached hydrogens (tertiary/aromatic N) is 2. The summed E-state index contributed by atoms with van der Waals surface area (Å²) in [7, 11) is -1.55. The molecule has 0 radical (unpaired) electrons. The molecule has 0 spiro atoms. The lowest BCUT2D eigenvalue weighted by Crippen LogP contribution is -2.37. The fraction of sp³-hybridized carbons (Fsp3) is 0.706. The van der Waals surface area contributed by atoms with Crippen molar-refractivity contribution in [3.8, 4) is 0 Å². The van der Waals surface area contributed by atoms with Crippen LogP contribution in [0.2, 0.25) is 0 Å². The normalized spacial score (nSPS) is 22.4. The molecule has 1 amide bonds. The van der Waals surface area contributed by atoms with Crippen LogP contribution in [-0.2, 0) is 10.0 Å². The molecule has 1 N–H and O–H groups in total. The average molecular weight is 422 g/mol. The summed E-state index contributed by atoms with van der Waals surface area (Å²) in [5, 5.41) is 3.15. The standard InChI is InChI=1S/C17H27N3O3S2.ClH/c1-13-5-9-20(10-6-13)25(22,23)16-4-3-15(24-16)17(21)19-8-7-14(12-19)11-18-2;/h3-4,13-14,18H,5-12H2,1-2H3;1H. The number of thiophene rings is 1. The van der Waals surface area contributed by atoms with Gasteiger partial charge in [-0.2, -0.15) is 4.31 Å². The Hall–Kier alpha value is -0.670. The first kappa shape index (κ1) is 21.6. The molecule has 2 aliphatic rings. The second-order valence-electron chi connectivity index (χ2n) is 7.17. The van der Waals surface area contributed by atoms with Crippen LogP contribution < -0.4 is 5.32 Å². The zero-order valence-corrected chi connectivity index (χ0v) is 17.8. The van der Waals surface area contributed by atoms with E-state index in [-0.39, 0.29) is 22.5 Å². The van der Waals surface area contributed by atoms with E-state index in [1.54, 1.807) is 16.4 Å². The maximum Gasteiger partial charge on any atom is 0.263 e. The summed E-state index contributed by atoms with van der Waals surface area (Å²) in [4.78, 5) is 15.0. The van der Waals surface area contributed by atoms with Crippen LogP contribution in [0, 0.1) is 11.8 Å². The van der Waals surface area contributed by atoms with Crippen molar-refractivity contribution in [1.82, 2.24) is 14.5 Å². The van der Waals surface area contributed by atoms with E-state index >= 15 is 0 Å². The molecule has 2 saturated heterocycles. The van der Waals surface area contributed by atoms with Crippen molar-refractivity contribution in [2.75, 3.05) is 39.8 Å². The molecule has 3 rings (SSSR count). The van der Waals surface area contributed by atoms with Crippen molar-refractivity contribution in [1.29, 1.82) is 0 Å². The zero-order chi connectivity index (χ0) is 18.0. The number of sulfonamides is 1. The Bertz CT molecular complexity index is 715. The molecule has 148 valence electrons. The first-order valence-corrected chi connectivity index (χ1v) is 11.2. The molecule has 1 atom stereocenters. The summed E-state index contributed by atoms with van der Waals surface area (Å²) < 4.78 is 27.4. The van der Waals surface area contributed by atoms with Crippen molar-refractivity contribution in [3.05, 3.63) is 17.0 Å². The van der Waals surface area contributed by atoms with Crippen LogP contribution in [0.5, 0.6) is 0 Å². The van der Waals surface area contributed by atoms with Crippen molar-refractivity contribution in [2.24, 2.45) is 11.8 Å². The fourth-order valence-corrected chi connectivity index (χ4v) is 6.45. The predicted molar refractivity (Wildman–Crippen MR) is 107 cm³/mol. The Morgan fingerprint density at radius 3 is 2.58 bits per heavy atom. The van der Waals surface area contributed by atoms with Crippen molar-refractivity contribution >= 4 is 39.7 Å². The molecular weight excluding hydrogens is 394 g/mol. The number of likely N-dealkylation sites (tertiary alicyclic amines) is 1. The van der Waals surface area contributed by atoms with Gasteiger partial charge in [-0.3, -0.25) is 4.79 Å². The number of nitrogens with one attached hydrogen (secondary N) is 1. The highest BCUT2D eigenvalue weighted by molar-refractivity contribution is 7.91. The topological polar surface area (TPSA) is 69.7 Å². The van der Waals surface area contributed by atoms with Gasteiger partial charge in [0.1, 0.15) is 4.21 Å². The maximum atomic E-state index is 12.8. The average Bonchev–Trinajstić information content (AvgIpc) is 3.25. The van der Waals surface area contributed by atoms with Gasteiger partial charge in [0.05, 0.1) is 4.88 Å². The Labute approximate surface area is 166 Å². The molecule has 2 fully saturated rings. The van der Waals surface area contributed by atoms with Gasteiger partial charge in [-0.25, -0.2) is 8.42 Å². The lowest BCUT2D eigenvalue weighted by atomic mass is 10.0. The van der Waals surface area contributed by atoms with E-state index < -0.39 is 10.0 Å². The predicted octanol–water partition coefficient (Wildman–Crippen LogP) is 2.27. The van der Waals surface area contributed by atoms with E-state index in [1.165, 1.54) is 0 Å². The zero-order valence-electron chi connectivity index (χ0n) is 15.3. The molecule has 0 bridgehead atoms. The molecule has 0 aromatic carbocycles. The van der Waals surface area contributed by atoms with E-state index in [0.29, 0.717) is 29.8 Å². The van der Waals surface area contributed by atoms with Gasteiger partial charge in [0.25, 0.3) is 15.9 Å². The van der Waals surface area contributed by atoms with Crippen LogP contribution in [0.4, 0.5) is 0 Å². The number of carbonyl (C=O) groups excluding carboxylic acids is 1. The molecule has 1 aromatic heterocycles. The van der Waals surface area contributed by atoms with E-state index in [2.05, 4.69) is 12.2 Å². The minimum absolute atomic E-state index is 0. The van der Waals surface area contributed by atoms with Gasteiger partial charge >= 0.3 is 0 Å². The summed E-state index contributed by atoms with van der Waals surface area (Å²) in [5.41, 5.74) is 0. The second-order valence-corrected chi connectivity index (χ2v) is 10.4. The number of hydrogen-bond donors (Lipinski definition) is 1. The largest absolute Gasteiger partial charge is 0.338 e. The summed E-state index contributed by atoms with van der Waals surface area (Å²) in [6, 6.07) is 3.25. The summed E-state index contributed by atoms with van der Waals surface area (Å²) in [5.74, 6) is 1.01. The third kappa shape index (κ3) is 4.59. The van der Waals surface area contributed by atoms with Gasteiger partial charge in [-0.05, 0) is 56.8 Å². The van der Waals surface area contributed by atoms with Crippen LogP contribution >= 0.6 is 23.7 Å². The molecular formula is C17H28ClN3O3S2. The first-order valence-electron chi connectivity index (χ1n) is 8.95. The first-order chi connectivity index (χ1) is 11.9. The highest BCUT2D eigenvalue weighted by Gasteiger charge is 2.31. The third-order valence-electron chi connectivity index (χ3n) is 5.19. The minimum atomic E-state index is -3.47. The number of hydrogen-bond acceptors (Lipinski definition) is 5. The minimum Gasteiger partial charge on any atom is -0.338 e. The maximum absolute atomic E-state index is 12.8. The molecule has 6 nitrogen and oxygen atoms in total. The summed E-state index contributed by atoms with van der Waals surface area (Å²) in [6.45, 7) is 5.69. The van der Waals surface area contributed by atoms with Crippen molar-refractivity contribution in [2.45, 2.75) is 30.4 Å². The number of halogens is 1. The molecule has 0 aliphatic carbocycles. The molecule has 1 aromatic rings. The number of carbonyl (C=O) groups is 1. The van der Waals surface area contributed by atoms with Crippen LogP contribution in [-0.4, -0.2) is 63.3 Å². The third-order valence-corrected chi connectivity index (χ3v) is 8.63.